The van der Waals surface area contributed by atoms with Crippen LogP contribution in [0.3, 0.4) is 0 Å². The Hall–Kier alpha value is -2.24. The van der Waals surface area contributed by atoms with Crippen molar-refractivity contribution in [3.8, 4) is 11.5 Å². The van der Waals surface area contributed by atoms with Crippen LogP contribution in [0.15, 0.2) is 39.9 Å². The van der Waals surface area contributed by atoms with Crippen molar-refractivity contribution in [3.63, 3.8) is 0 Å². The number of hydrogen-bond donors (Lipinski definition) is 1. The first-order chi connectivity index (χ1) is 14.3. The summed E-state index contributed by atoms with van der Waals surface area (Å²) in [5, 5.41) is 4.49. The zero-order chi connectivity index (χ0) is 21.7. The van der Waals surface area contributed by atoms with Crippen molar-refractivity contribution >= 4 is 27.3 Å². The van der Waals surface area contributed by atoms with Gasteiger partial charge >= 0.3 is 6.61 Å². The van der Waals surface area contributed by atoms with Crippen LogP contribution in [0.5, 0.6) is 11.5 Å². The summed E-state index contributed by atoms with van der Waals surface area (Å²) < 4.78 is 61.3. The van der Waals surface area contributed by atoms with Gasteiger partial charge in [0, 0.05) is 19.6 Å². The van der Waals surface area contributed by atoms with Crippen LogP contribution in [-0.4, -0.2) is 45.4 Å². The molecule has 1 aromatic carbocycles. The van der Waals surface area contributed by atoms with E-state index in [-0.39, 0.29) is 34.7 Å². The highest BCUT2D eigenvalue weighted by molar-refractivity contribution is 7.91. The lowest BCUT2D eigenvalue weighted by molar-refractivity contribution is -0.126. The molecule has 7 nitrogen and oxygen atoms in total. The zero-order valence-corrected chi connectivity index (χ0v) is 17.8. The van der Waals surface area contributed by atoms with Crippen molar-refractivity contribution in [2.45, 2.75) is 30.2 Å². The number of benzene rings is 1. The maximum Gasteiger partial charge on any atom is 0.387 e. The number of rotatable bonds is 8. The van der Waals surface area contributed by atoms with E-state index in [0.29, 0.717) is 24.9 Å². The highest BCUT2D eigenvalue weighted by atomic mass is 32.2. The van der Waals surface area contributed by atoms with Gasteiger partial charge in [0.15, 0.2) is 11.5 Å². The number of sulfonamides is 1. The average Bonchev–Trinajstić information content (AvgIpc) is 3.28. The SMILES string of the molecule is COc1cc(CNC(=O)C2CCCN(S(=O)(=O)c3cccs3)C2)ccc1OC(F)F. The molecule has 3 rings (SSSR count). The molecule has 1 aromatic heterocycles. The zero-order valence-electron chi connectivity index (χ0n) is 16.2. The molecule has 11 heteroatoms. The Balaban J connectivity index is 1.61. The fourth-order valence-corrected chi connectivity index (χ4v) is 5.93. The molecular weight excluding hydrogens is 438 g/mol. The Labute approximate surface area is 177 Å². The first-order valence-corrected chi connectivity index (χ1v) is 11.6. The summed E-state index contributed by atoms with van der Waals surface area (Å²) in [5.74, 6) is -0.679. The van der Waals surface area contributed by atoms with E-state index < -0.39 is 22.6 Å². The molecule has 1 saturated heterocycles. The average molecular weight is 461 g/mol. The molecule has 1 aliphatic rings. The van der Waals surface area contributed by atoms with E-state index in [0.717, 1.165) is 11.3 Å². The predicted molar refractivity (Wildman–Crippen MR) is 107 cm³/mol. The third-order valence-corrected chi connectivity index (χ3v) is 7.99. The summed E-state index contributed by atoms with van der Waals surface area (Å²) in [6, 6.07) is 7.64. The van der Waals surface area contributed by atoms with Crippen LogP contribution >= 0.6 is 11.3 Å². The Morgan fingerprint density at radius 2 is 2.13 bits per heavy atom. The summed E-state index contributed by atoms with van der Waals surface area (Å²) in [4.78, 5) is 12.6. The second kappa shape index (κ2) is 9.71. The van der Waals surface area contributed by atoms with Crippen molar-refractivity contribution in [1.82, 2.24) is 9.62 Å². The molecule has 0 radical (unpaired) electrons. The molecule has 2 aromatic rings. The van der Waals surface area contributed by atoms with Crippen molar-refractivity contribution in [1.29, 1.82) is 0 Å². The van der Waals surface area contributed by atoms with Gasteiger partial charge in [-0.15, -0.1) is 11.3 Å². The van der Waals surface area contributed by atoms with Crippen LogP contribution < -0.4 is 14.8 Å². The molecule has 1 unspecified atom stereocenters. The summed E-state index contributed by atoms with van der Waals surface area (Å²) in [6.07, 6.45) is 1.18. The Bertz CT molecular complexity index is 967. The van der Waals surface area contributed by atoms with Crippen LogP contribution in [0.25, 0.3) is 0 Å². The van der Waals surface area contributed by atoms with Gasteiger partial charge in [-0.1, -0.05) is 12.1 Å². The lowest BCUT2D eigenvalue weighted by atomic mass is 9.98. The molecule has 0 saturated carbocycles. The maximum absolute atomic E-state index is 12.7. The normalized spacial score (nSPS) is 17.7. The largest absolute Gasteiger partial charge is 0.493 e. The molecule has 164 valence electrons. The Morgan fingerprint density at radius 3 is 2.80 bits per heavy atom. The van der Waals surface area contributed by atoms with Crippen molar-refractivity contribution in [2.75, 3.05) is 20.2 Å². The molecule has 0 bridgehead atoms. The van der Waals surface area contributed by atoms with E-state index in [2.05, 4.69) is 10.1 Å². The van der Waals surface area contributed by atoms with E-state index in [1.165, 1.54) is 23.5 Å². The number of halogens is 2. The van der Waals surface area contributed by atoms with Gasteiger partial charge in [-0.05, 0) is 42.0 Å². The monoisotopic (exact) mass is 460 g/mol. The van der Waals surface area contributed by atoms with E-state index in [1.807, 2.05) is 0 Å². The Morgan fingerprint density at radius 1 is 1.33 bits per heavy atom. The fraction of sp³-hybridized carbons (Fsp3) is 0.421. The van der Waals surface area contributed by atoms with Crippen molar-refractivity contribution < 1.29 is 31.5 Å². The summed E-state index contributed by atoms with van der Waals surface area (Å²) in [6.45, 7) is -2.31. The molecule has 1 amide bonds. The number of methoxy groups -OCH3 is 1. The van der Waals surface area contributed by atoms with Gasteiger partial charge in [-0.3, -0.25) is 4.79 Å². The number of carbonyl (C=O) groups is 1. The molecule has 0 aliphatic carbocycles. The number of carbonyl (C=O) groups excluding carboxylic acids is 1. The number of piperidine rings is 1. The second-order valence-electron chi connectivity index (χ2n) is 6.72. The molecule has 1 N–H and O–H groups in total. The highest BCUT2D eigenvalue weighted by Crippen LogP contribution is 2.30. The highest BCUT2D eigenvalue weighted by Gasteiger charge is 2.33. The third kappa shape index (κ3) is 5.27. The van der Waals surface area contributed by atoms with Gasteiger partial charge in [0.1, 0.15) is 4.21 Å². The van der Waals surface area contributed by atoms with E-state index in [4.69, 9.17) is 4.74 Å². The van der Waals surface area contributed by atoms with Gasteiger partial charge in [-0.2, -0.15) is 13.1 Å². The first kappa shape index (κ1) is 22.4. The van der Waals surface area contributed by atoms with E-state index >= 15 is 0 Å². The number of thiophene rings is 1. The molecule has 1 atom stereocenters. The number of hydrogen-bond acceptors (Lipinski definition) is 6. The van der Waals surface area contributed by atoms with Crippen molar-refractivity contribution in [2.24, 2.45) is 5.92 Å². The third-order valence-electron chi connectivity index (χ3n) is 4.75. The van der Waals surface area contributed by atoms with Crippen LogP contribution in [0.2, 0.25) is 0 Å². The van der Waals surface area contributed by atoms with Gasteiger partial charge in [0.25, 0.3) is 10.0 Å². The number of nitrogens with zero attached hydrogens (tertiary/aromatic N) is 1. The van der Waals surface area contributed by atoms with Gasteiger partial charge in [0.2, 0.25) is 5.91 Å². The quantitative estimate of drug-likeness (QED) is 0.655. The lowest BCUT2D eigenvalue weighted by Gasteiger charge is -2.30. The van der Waals surface area contributed by atoms with Crippen LogP contribution in [0, 0.1) is 5.92 Å². The van der Waals surface area contributed by atoms with Gasteiger partial charge in [0.05, 0.1) is 13.0 Å². The topological polar surface area (TPSA) is 84.9 Å². The molecule has 0 spiro atoms. The minimum Gasteiger partial charge on any atom is -0.493 e. The molecule has 30 heavy (non-hydrogen) atoms. The number of nitrogens with one attached hydrogen (secondary N) is 1. The van der Waals surface area contributed by atoms with E-state index in [9.17, 15) is 22.0 Å². The van der Waals surface area contributed by atoms with Crippen molar-refractivity contribution in [3.05, 3.63) is 41.3 Å². The standard InChI is InChI=1S/C19H22F2N2O5S2/c1-27-16-10-13(6-7-15(16)28-19(20)21)11-22-18(24)14-4-2-8-23(12-14)30(25,26)17-5-3-9-29-17/h3,5-7,9-10,14,19H,2,4,8,11-12H2,1H3,(H,22,24). The second-order valence-corrected chi connectivity index (χ2v) is 9.83. The van der Waals surface area contributed by atoms with Crippen LogP contribution in [0.4, 0.5) is 8.78 Å². The summed E-state index contributed by atoms with van der Waals surface area (Å²) >= 11 is 1.15. The molecule has 2 heterocycles. The number of amides is 1. The first-order valence-electron chi connectivity index (χ1n) is 9.24. The predicted octanol–water partition coefficient (Wildman–Crippen LogP) is 3.08. The van der Waals surface area contributed by atoms with Crippen LogP contribution in [0.1, 0.15) is 18.4 Å². The molecule has 1 fully saturated rings. The summed E-state index contributed by atoms with van der Waals surface area (Å²) in [5.41, 5.74) is 0.640. The van der Waals surface area contributed by atoms with Gasteiger partial charge in [-0.25, -0.2) is 8.42 Å². The lowest BCUT2D eigenvalue weighted by Crippen LogP contribution is -2.45. The smallest absolute Gasteiger partial charge is 0.387 e. The van der Waals surface area contributed by atoms with Gasteiger partial charge < -0.3 is 14.8 Å². The summed E-state index contributed by atoms with van der Waals surface area (Å²) in [7, 11) is -2.26. The fourth-order valence-electron chi connectivity index (χ4n) is 3.26. The minimum atomic E-state index is -3.60. The van der Waals surface area contributed by atoms with E-state index in [1.54, 1.807) is 23.6 Å². The van der Waals surface area contributed by atoms with Crippen LogP contribution in [-0.2, 0) is 21.4 Å². The number of alkyl halides is 2. The minimum absolute atomic E-state index is 0.0933. The molecule has 1 aliphatic heterocycles. The maximum atomic E-state index is 12.7. The Kier molecular flexibility index (Phi) is 7.27. The number of ether oxygens (including phenoxy) is 2. The molecular formula is C19H22F2N2O5S2.